The van der Waals surface area contributed by atoms with Gasteiger partial charge in [-0.3, -0.25) is 0 Å². The molecule has 144 valence electrons. The van der Waals surface area contributed by atoms with Gasteiger partial charge >= 0.3 is 5.97 Å². The Bertz CT molecular complexity index is 1160. The molecule has 0 aliphatic rings. The SMILES string of the molecule is CCOC(=O)c1c2c(C(O)c3ccccc3)sc(SC)c2n2ccc(C)cc12. The fourth-order valence-electron chi connectivity index (χ4n) is 3.53. The van der Waals surface area contributed by atoms with Crippen LogP contribution in [0.15, 0.2) is 52.9 Å². The molecule has 0 spiro atoms. The van der Waals surface area contributed by atoms with Crippen LogP contribution in [0.1, 0.15) is 39.4 Å². The van der Waals surface area contributed by atoms with Crippen LogP contribution < -0.4 is 0 Å². The van der Waals surface area contributed by atoms with Gasteiger partial charge in [-0.15, -0.1) is 23.1 Å². The van der Waals surface area contributed by atoms with Crippen molar-refractivity contribution in [2.45, 2.75) is 24.2 Å². The van der Waals surface area contributed by atoms with Gasteiger partial charge < -0.3 is 14.2 Å². The summed E-state index contributed by atoms with van der Waals surface area (Å²) in [6.45, 7) is 4.11. The van der Waals surface area contributed by atoms with E-state index < -0.39 is 6.10 Å². The monoisotopic (exact) mass is 411 g/mol. The lowest BCUT2D eigenvalue weighted by molar-refractivity contribution is 0.0531. The van der Waals surface area contributed by atoms with Crippen LogP contribution in [0.3, 0.4) is 0 Å². The minimum absolute atomic E-state index is 0.305. The molecule has 0 fully saturated rings. The molecule has 6 heteroatoms. The number of pyridine rings is 1. The van der Waals surface area contributed by atoms with Crippen molar-refractivity contribution in [1.29, 1.82) is 0 Å². The molecule has 0 aliphatic carbocycles. The summed E-state index contributed by atoms with van der Waals surface area (Å²) in [5, 5.41) is 11.9. The lowest BCUT2D eigenvalue weighted by atomic mass is 10.0. The highest BCUT2D eigenvalue weighted by molar-refractivity contribution is 8.00. The zero-order valence-electron chi connectivity index (χ0n) is 15.9. The van der Waals surface area contributed by atoms with E-state index in [2.05, 4.69) is 0 Å². The first-order valence-electron chi connectivity index (χ1n) is 9.08. The van der Waals surface area contributed by atoms with E-state index in [1.54, 1.807) is 18.7 Å². The number of thioether (sulfide) groups is 1. The number of thiophene rings is 1. The fraction of sp³-hybridized carbons (Fsp3) is 0.227. The van der Waals surface area contributed by atoms with Gasteiger partial charge in [0.15, 0.2) is 0 Å². The Morgan fingerprint density at radius 2 is 2.04 bits per heavy atom. The van der Waals surface area contributed by atoms with E-state index in [0.717, 1.165) is 36.6 Å². The van der Waals surface area contributed by atoms with Crippen molar-refractivity contribution >= 4 is 45.5 Å². The number of nitrogens with zero attached hydrogens (tertiary/aromatic N) is 1. The van der Waals surface area contributed by atoms with Crippen LogP contribution in [0.25, 0.3) is 16.4 Å². The zero-order valence-corrected chi connectivity index (χ0v) is 17.6. The smallest absolute Gasteiger partial charge is 0.341 e. The number of fused-ring (bicyclic) bond motifs is 3. The first-order valence-corrected chi connectivity index (χ1v) is 11.1. The van der Waals surface area contributed by atoms with E-state index >= 15 is 0 Å². The van der Waals surface area contributed by atoms with Crippen molar-refractivity contribution in [3.63, 3.8) is 0 Å². The average molecular weight is 412 g/mol. The Morgan fingerprint density at radius 1 is 1.29 bits per heavy atom. The van der Waals surface area contributed by atoms with Gasteiger partial charge in [-0.2, -0.15) is 0 Å². The summed E-state index contributed by atoms with van der Waals surface area (Å²) in [5.41, 5.74) is 4.17. The first kappa shape index (κ1) is 19.1. The standard InChI is InChI=1S/C22H21NO3S2/c1-4-26-21(25)16-15-12-13(2)10-11-23(15)18-17(16)20(28-22(18)27-3)19(24)14-8-6-5-7-9-14/h5-12,19,24H,4H2,1-3H3. The second-order valence-corrected chi connectivity index (χ2v) is 8.68. The van der Waals surface area contributed by atoms with Crippen molar-refractivity contribution in [2.75, 3.05) is 12.9 Å². The molecule has 0 amide bonds. The van der Waals surface area contributed by atoms with Crippen LogP contribution in [-0.2, 0) is 4.74 Å². The summed E-state index contributed by atoms with van der Waals surface area (Å²) in [6, 6.07) is 13.6. The topological polar surface area (TPSA) is 50.9 Å². The van der Waals surface area contributed by atoms with Crippen LogP contribution in [0.5, 0.6) is 0 Å². The van der Waals surface area contributed by atoms with Crippen molar-refractivity contribution in [1.82, 2.24) is 4.40 Å². The fourth-order valence-corrected chi connectivity index (χ4v) is 5.57. The Balaban J connectivity index is 2.09. The number of hydrogen-bond donors (Lipinski definition) is 1. The van der Waals surface area contributed by atoms with E-state index in [1.807, 2.05) is 66.2 Å². The molecule has 0 saturated heterocycles. The predicted molar refractivity (Wildman–Crippen MR) is 116 cm³/mol. The zero-order chi connectivity index (χ0) is 19.8. The predicted octanol–water partition coefficient (Wildman–Crippen LogP) is 5.44. The largest absolute Gasteiger partial charge is 0.462 e. The molecule has 0 radical (unpaired) electrons. The van der Waals surface area contributed by atoms with Gasteiger partial charge in [0.2, 0.25) is 0 Å². The van der Waals surface area contributed by atoms with E-state index in [1.165, 1.54) is 11.3 Å². The number of benzene rings is 1. The molecule has 1 aromatic carbocycles. The molecule has 0 aliphatic heterocycles. The van der Waals surface area contributed by atoms with Gasteiger partial charge in [0.1, 0.15) is 6.10 Å². The number of hydrogen-bond acceptors (Lipinski definition) is 5. The molecule has 4 aromatic rings. The number of carbonyl (C=O) groups excluding carboxylic acids is 1. The normalized spacial score (nSPS) is 12.6. The van der Waals surface area contributed by atoms with Gasteiger partial charge in [-0.25, -0.2) is 4.79 Å². The van der Waals surface area contributed by atoms with Gasteiger partial charge in [0, 0.05) is 16.5 Å². The third-order valence-corrected chi connectivity index (χ3v) is 7.11. The molecule has 4 rings (SSSR count). The third kappa shape index (κ3) is 3.02. The van der Waals surface area contributed by atoms with Crippen LogP contribution in [0.4, 0.5) is 0 Å². The minimum atomic E-state index is -0.804. The summed E-state index contributed by atoms with van der Waals surface area (Å²) < 4.78 is 8.49. The van der Waals surface area contributed by atoms with Gasteiger partial charge in [-0.1, -0.05) is 30.3 Å². The molecule has 3 heterocycles. The molecule has 1 atom stereocenters. The number of aliphatic hydroxyl groups is 1. The van der Waals surface area contributed by atoms with Crippen LogP contribution in [0, 0.1) is 6.92 Å². The summed E-state index contributed by atoms with van der Waals surface area (Å²) >= 11 is 3.16. The second-order valence-electron chi connectivity index (χ2n) is 6.55. The first-order chi connectivity index (χ1) is 13.6. The number of rotatable bonds is 5. The maximum Gasteiger partial charge on any atom is 0.341 e. The van der Waals surface area contributed by atoms with Crippen molar-refractivity contribution in [2.24, 2.45) is 0 Å². The molecule has 0 saturated carbocycles. The van der Waals surface area contributed by atoms with Crippen molar-refractivity contribution in [3.05, 3.63) is 70.2 Å². The minimum Gasteiger partial charge on any atom is -0.462 e. The molecule has 1 unspecified atom stereocenters. The van der Waals surface area contributed by atoms with Gasteiger partial charge in [0.05, 0.1) is 27.4 Å². The van der Waals surface area contributed by atoms with E-state index in [4.69, 9.17) is 4.74 Å². The summed E-state index contributed by atoms with van der Waals surface area (Å²) in [7, 11) is 0. The summed E-state index contributed by atoms with van der Waals surface area (Å²) in [6.07, 6.45) is 3.20. The molecule has 1 N–H and O–H groups in total. The quantitative estimate of drug-likeness (QED) is 0.351. The molecular formula is C22H21NO3S2. The maximum atomic E-state index is 12.9. The molecule has 28 heavy (non-hydrogen) atoms. The summed E-state index contributed by atoms with van der Waals surface area (Å²) in [5.74, 6) is -0.354. The summed E-state index contributed by atoms with van der Waals surface area (Å²) in [4.78, 5) is 13.7. The van der Waals surface area contributed by atoms with Gasteiger partial charge in [0.25, 0.3) is 0 Å². The van der Waals surface area contributed by atoms with Crippen molar-refractivity contribution < 1.29 is 14.6 Å². The number of ether oxygens (including phenoxy) is 1. The number of aromatic nitrogens is 1. The number of aliphatic hydroxyl groups excluding tert-OH is 1. The van der Waals surface area contributed by atoms with E-state index in [0.29, 0.717) is 12.2 Å². The number of esters is 1. The highest BCUT2D eigenvalue weighted by Crippen LogP contribution is 2.46. The molecule has 3 aromatic heterocycles. The molecule has 4 nitrogen and oxygen atoms in total. The highest BCUT2D eigenvalue weighted by Gasteiger charge is 2.29. The average Bonchev–Trinajstić information content (AvgIpc) is 3.23. The molecular weight excluding hydrogens is 390 g/mol. The lowest BCUT2D eigenvalue weighted by Gasteiger charge is -2.10. The Labute approximate surface area is 171 Å². The van der Waals surface area contributed by atoms with Crippen molar-refractivity contribution in [3.8, 4) is 0 Å². The van der Waals surface area contributed by atoms with E-state index in [9.17, 15) is 9.90 Å². The maximum absolute atomic E-state index is 12.9. The third-order valence-electron chi connectivity index (χ3n) is 4.77. The highest BCUT2D eigenvalue weighted by atomic mass is 32.2. The molecule has 0 bridgehead atoms. The van der Waals surface area contributed by atoms with Crippen LogP contribution in [0.2, 0.25) is 0 Å². The van der Waals surface area contributed by atoms with E-state index in [-0.39, 0.29) is 5.97 Å². The second kappa shape index (κ2) is 7.62. The lowest BCUT2D eigenvalue weighted by Crippen LogP contribution is -2.06. The number of carbonyl (C=O) groups is 1. The Morgan fingerprint density at radius 3 is 2.71 bits per heavy atom. The number of aryl methyl sites for hydroxylation is 1. The Kier molecular flexibility index (Phi) is 5.19. The van der Waals surface area contributed by atoms with Gasteiger partial charge in [-0.05, 0) is 43.4 Å². The Hall–Kier alpha value is -2.28. The van der Waals surface area contributed by atoms with Crippen LogP contribution in [-0.4, -0.2) is 28.3 Å². The van der Waals surface area contributed by atoms with Crippen LogP contribution >= 0.6 is 23.1 Å².